The Morgan fingerprint density at radius 3 is 2.72 bits per heavy atom. The number of phenolic OH excluding ortho intramolecular Hbond substituents is 1. The molecule has 1 aromatic carbocycles. The average molecular weight is 330 g/mol. The number of benzene rings is 1. The van der Waals surface area contributed by atoms with Crippen molar-refractivity contribution < 1.29 is 9.90 Å². The Morgan fingerprint density at radius 2 is 1.92 bits per heavy atom. The van der Waals surface area contributed by atoms with Gasteiger partial charge in [0.05, 0.1) is 11.8 Å². The molecule has 25 heavy (non-hydrogen) atoms. The molecule has 0 aliphatic carbocycles. The van der Waals surface area contributed by atoms with Crippen molar-refractivity contribution in [3.63, 3.8) is 0 Å². The molecule has 6 heteroatoms. The smallest absolute Gasteiger partial charge is 0.198 e. The van der Waals surface area contributed by atoms with E-state index in [1.54, 1.807) is 41.3 Å². The molecule has 0 unspecified atom stereocenters. The second-order valence-electron chi connectivity index (χ2n) is 5.73. The minimum absolute atomic E-state index is 0.0488. The molecule has 4 rings (SSSR count). The van der Waals surface area contributed by atoms with Crippen molar-refractivity contribution in [3.8, 4) is 11.6 Å². The van der Waals surface area contributed by atoms with Gasteiger partial charge in [0.2, 0.25) is 0 Å². The number of aromatic hydroxyl groups is 1. The third-order valence-corrected chi connectivity index (χ3v) is 3.94. The number of nitrogens with zero attached hydrogens (tertiary/aromatic N) is 4. The number of carbonyl (C=O) groups is 1. The molecule has 0 aliphatic rings. The van der Waals surface area contributed by atoms with Crippen LogP contribution >= 0.6 is 0 Å². The van der Waals surface area contributed by atoms with Crippen LogP contribution in [0.25, 0.3) is 16.9 Å². The highest BCUT2D eigenvalue weighted by Gasteiger charge is 2.16. The van der Waals surface area contributed by atoms with Crippen LogP contribution in [-0.4, -0.2) is 30.6 Å². The van der Waals surface area contributed by atoms with Crippen LogP contribution < -0.4 is 0 Å². The first-order valence-electron chi connectivity index (χ1n) is 7.73. The average Bonchev–Trinajstić information content (AvgIpc) is 3.05. The molecule has 4 aromatic rings. The SMILES string of the molecule is Cc1ccnc(-n2ncc3cc(C(=O)c4ccccc4O)cnc32)c1. The Kier molecular flexibility index (Phi) is 3.50. The van der Waals surface area contributed by atoms with E-state index in [1.165, 1.54) is 12.3 Å². The van der Waals surface area contributed by atoms with Crippen LogP contribution in [0.15, 0.2) is 61.1 Å². The largest absolute Gasteiger partial charge is 0.507 e. The zero-order valence-electron chi connectivity index (χ0n) is 13.4. The maximum atomic E-state index is 12.6. The summed E-state index contributed by atoms with van der Waals surface area (Å²) in [4.78, 5) is 21.3. The molecule has 0 aliphatic heterocycles. The normalized spacial score (nSPS) is 10.9. The molecule has 0 spiro atoms. The molecule has 1 N–H and O–H groups in total. The summed E-state index contributed by atoms with van der Waals surface area (Å²) in [5.41, 5.74) is 2.33. The quantitative estimate of drug-likeness (QED) is 0.584. The molecule has 6 nitrogen and oxygen atoms in total. The zero-order valence-corrected chi connectivity index (χ0v) is 13.4. The Labute approximate surface area is 143 Å². The fourth-order valence-corrected chi connectivity index (χ4v) is 2.67. The number of pyridine rings is 2. The van der Waals surface area contributed by atoms with Gasteiger partial charge in [0.1, 0.15) is 5.75 Å². The van der Waals surface area contributed by atoms with Crippen molar-refractivity contribution in [1.29, 1.82) is 0 Å². The number of phenols is 1. The number of aromatic nitrogens is 4. The van der Waals surface area contributed by atoms with Gasteiger partial charge >= 0.3 is 0 Å². The van der Waals surface area contributed by atoms with Crippen molar-refractivity contribution in [1.82, 2.24) is 19.7 Å². The molecular weight excluding hydrogens is 316 g/mol. The first-order chi connectivity index (χ1) is 12.1. The van der Waals surface area contributed by atoms with Gasteiger partial charge in [-0.2, -0.15) is 9.78 Å². The number of carbonyl (C=O) groups excluding carboxylic acids is 1. The first-order valence-corrected chi connectivity index (χ1v) is 7.73. The number of fused-ring (bicyclic) bond motifs is 1. The summed E-state index contributed by atoms with van der Waals surface area (Å²) in [7, 11) is 0. The van der Waals surface area contributed by atoms with E-state index in [9.17, 15) is 9.90 Å². The molecule has 0 fully saturated rings. The lowest BCUT2D eigenvalue weighted by atomic mass is 10.0. The van der Waals surface area contributed by atoms with Crippen molar-refractivity contribution in [2.75, 3.05) is 0 Å². The van der Waals surface area contributed by atoms with Crippen molar-refractivity contribution in [2.24, 2.45) is 0 Å². The van der Waals surface area contributed by atoms with Crippen LogP contribution in [0.5, 0.6) is 5.75 Å². The van der Waals surface area contributed by atoms with Gasteiger partial charge in [-0.3, -0.25) is 4.79 Å². The molecule has 0 radical (unpaired) electrons. The summed E-state index contributed by atoms with van der Waals surface area (Å²) >= 11 is 0. The highest BCUT2D eigenvalue weighted by atomic mass is 16.3. The molecule has 0 saturated heterocycles. The Hall–Kier alpha value is -3.54. The highest BCUT2D eigenvalue weighted by molar-refractivity contribution is 6.11. The lowest BCUT2D eigenvalue weighted by Crippen LogP contribution is -2.04. The second-order valence-corrected chi connectivity index (χ2v) is 5.73. The Morgan fingerprint density at radius 1 is 1.08 bits per heavy atom. The first kappa shape index (κ1) is 15.0. The number of aryl methyl sites for hydroxylation is 1. The summed E-state index contributed by atoms with van der Waals surface area (Å²) in [5.74, 6) is 0.337. The van der Waals surface area contributed by atoms with Gasteiger partial charge in [0.25, 0.3) is 0 Å². The van der Waals surface area contributed by atoms with Crippen molar-refractivity contribution in [2.45, 2.75) is 6.92 Å². The van der Waals surface area contributed by atoms with Gasteiger partial charge in [0.15, 0.2) is 17.2 Å². The molecule has 0 atom stereocenters. The van der Waals surface area contributed by atoms with E-state index < -0.39 is 0 Å². The molecule has 0 amide bonds. The summed E-state index contributed by atoms with van der Waals surface area (Å²) in [6, 6.07) is 12.0. The third-order valence-electron chi connectivity index (χ3n) is 3.94. The molecular formula is C19H14N4O2. The van der Waals surface area contributed by atoms with E-state index in [4.69, 9.17) is 0 Å². The van der Waals surface area contributed by atoms with Gasteiger partial charge in [0, 0.05) is 23.3 Å². The Balaban J connectivity index is 1.78. The van der Waals surface area contributed by atoms with Crippen LogP contribution in [0.4, 0.5) is 0 Å². The maximum absolute atomic E-state index is 12.6. The van der Waals surface area contributed by atoms with Crippen LogP contribution in [-0.2, 0) is 0 Å². The van der Waals surface area contributed by atoms with Gasteiger partial charge in [-0.1, -0.05) is 12.1 Å². The number of rotatable bonds is 3. The van der Waals surface area contributed by atoms with Gasteiger partial charge in [-0.15, -0.1) is 0 Å². The molecule has 3 aromatic heterocycles. The topological polar surface area (TPSA) is 80.9 Å². The minimum atomic E-state index is -0.283. The van der Waals surface area contributed by atoms with Crippen LogP contribution in [0.1, 0.15) is 21.5 Å². The highest BCUT2D eigenvalue weighted by Crippen LogP contribution is 2.22. The van der Waals surface area contributed by atoms with Crippen molar-refractivity contribution in [3.05, 3.63) is 77.7 Å². The summed E-state index contributed by atoms with van der Waals surface area (Å²) in [6.07, 6.45) is 4.85. The number of ketones is 1. The lowest BCUT2D eigenvalue weighted by molar-refractivity contribution is 0.103. The number of para-hydroxylation sites is 1. The third kappa shape index (κ3) is 2.63. The summed E-state index contributed by atoms with van der Waals surface area (Å²) in [6.45, 7) is 1.98. The second kappa shape index (κ2) is 5.83. The predicted molar refractivity (Wildman–Crippen MR) is 92.9 cm³/mol. The fourth-order valence-electron chi connectivity index (χ4n) is 2.67. The molecule has 0 saturated carbocycles. The van der Waals surface area contributed by atoms with Gasteiger partial charge in [-0.25, -0.2) is 9.97 Å². The minimum Gasteiger partial charge on any atom is -0.507 e. The fraction of sp³-hybridized carbons (Fsp3) is 0.0526. The van der Waals surface area contributed by atoms with E-state index in [2.05, 4.69) is 15.1 Å². The van der Waals surface area contributed by atoms with Crippen LogP contribution in [0, 0.1) is 6.92 Å². The predicted octanol–water partition coefficient (Wildman–Crippen LogP) is 3.06. The standard InChI is InChI=1S/C19H14N4O2/c1-12-6-7-20-17(8-12)23-19-14(11-22-23)9-13(10-21-19)18(25)15-4-2-3-5-16(15)24/h2-11,24H,1H3. The van der Waals surface area contributed by atoms with Crippen LogP contribution in [0.2, 0.25) is 0 Å². The summed E-state index contributed by atoms with van der Waals surface area (Å²) in [5, 5.41) is 14.9. The van der Waals surface area contributed by atoms with E-state index in [0.29, 0.717) is 17.0 Å². The van der Waals surface area contributed by atoms with Gasteiger partial charge in [-0.05, 0) is 42.8 Å². The summed E-state index contributed by atoms with van der Waals surface area (Å²) < 4.78 is 1.64. The zero-order chi connectivity index (χ0) is 17.4. The van der Waals surface area contributed by atoms with E-state index >= 15 is 0 Å². The monoisotopic (exact) mass is 330 g/mol. The molecule has 3 heterocycles. The molecule has 122 valence electrons. The van der Waals surface area contributed by atoms with Gasteiger partial charge < -0.3 is 5.11 Å². The van der Waals surface area contributed by atoms with Crippen molar-refractivity contribution >= 4 is 16.8 Å². The van der Waals surface area contributed by atoms with E-state index in [0.717, 1.165) is 10.9 Å². The lowest BCUT2D eigenvalue weighted by Gasteiger charge is -2.05. The van der Waals surface area contributed by atoms with Crippen LogP contribution in [0.3, 0.4) is 0 Å². The van der Waals surface area contributed by atoms with E-state index in [1.807, 2.05) is 19.1 Å². The number of hydrogen-bond acceptors (Lipinski definition) is 5. The van der Waals surface area contributed by atoms with E-state index in [-0.39, 0.29) is 17.1 Å². The Bertz CT molecular complexity index is 1100. The maximum Gasteiger partial charge on any atom is 0.198 e. The molecule has 0 bridgehead atoms. The number of hydrogen-bond donors (Lipinski definition) is 1.